The van der Waals surface area contributed by atoms with Gasteiger partial charge in [-0.15, -0.1) is 0 Å². The number of hydrogen-bond donors (Lipinski definition) is 0. The first-order chi connectivity index (χ1) is 6.48. The molecule has 0 saturated carbocycles. The highest BCUT2D eigenvalue weighted by Gasteiger charge is 2.17. The number of fused-ring (bicyclic) bond motifs is 1. The lowest BCUT2D eigenvalue weighted by Gasteiger charge is -1.91. The molecule has 6 heteroatoms. The number of halogens is 2. The van der Waals surface area contributed by atoms with Crippen molar-refractivity contribution in [2.24, 2.45) is 0 Å². The van der Waals surface area contributed by atoms with Crippen molar-refractivity contribution in [1.82, 2.24) is 0 Å². The zero-order valence-corrected chi connectivity index (χ0v) is 9.03. The summed E-state index contributed by atoms with van der Waals surface area (Å²) in [7, 11) is 1.43. The van der Waals surface area contributed by atoms with Crippen LogP contribution < -0.4 is 0 Å². The lowest BCUT2D eigenvalue weighted by Crippen LogP contribution is -1.87. The van der Waals surface area contributed by atoms with Gasteiger partial charge in [0.1, 0.15) is 16.7 Å². The van der Waals surface area contributed by atoms with Crippen LogP contribution in [0.5, 0.6) is 0 Å². The zero-order chi connectivity index (χ0) is 10.3. The van der Waals surface area contributed by atoms with Crippen molar-refractivity contribution in [2.75, 3.05) is 0 Å². The second-order valence-corrected chi connectivity index (χ2v) is 5.65. The number of hydrogen-bond acceptors (Lipinski definition) is 3. The summed E-state index contributed by atoms with van der Waals surface area (Å²) in [6.45, 7) is 0. The Morgan fingerprint density at radius 1 is 1.29 bits per heavy atom. The first kappa shape index (κ1) is 9.83. The van der Waals surface area contributed by atoms with Gasteiger partial charge in [-0.1, -0.05) is 11.6 Å². The Morgan fingerprint density at radius 2 is 2.00 bits per heavy atom. The first-order valence-electron chi connectivity index (χ1n) is 3.60. The normalized spacial score (nSPS) is 12.1. The maximum absolute atomic E-state index is 11.1. The minimum atomic E-state index is -3.76. The number of benzene rings is 1. The standard InChI is InChI=1S/C8H4Cl2O3S/c9-5-1-2-6-7(3-5)13-4-8(6)14(10,11)12/h1-4H. The van der Waals surface area contributed by atoms with Crippen LogP contribution >= 0.6 is 22.3 Å². The van der Waals surface area contributed by atoms with Crippen LogP contribution in [-0.4, -0.2) is 8.42 Å². The molecule has 3 nitrogen and oxygen atoms in total. The molecule has 1 aromatic carbocycles. The third kappa shape index (κ3) is 1.61. The van der Waals surface area contributed by atoms with Crippen molar-refractivity contribution in [3.63, 3.8) is 0 Å². The van der Waals surface area contributed by atoms with Gasteiger partial charge in [0.25, 0.3) is 9.05 Å². The quantitative estimate of drug-likeness (QED) is 0.732. The SMILES string of the molecule is O=S(=O)(Cl)c1coc2cc(Cl)ccc12. The van der Waals surface area contributed by atoms with Crippen LogP contribution in [0.1, 0.15) is 0 Å². The van der Waals surface area contributed by atoms with E-state index in [0.717, 1.165) is 6.26 Å². The average molecular weight is 251 g/mol. The summed E-state index contributed by atoms with van der Waals surface area (Å²) in [4.78, 5) is -0.0363. The third-order valence-electron chi connectivity index (χ3n) is 1.76. The predicted octanol–water partition coefficient (Wildman–Crippen LogP) is 3.01. The predicted molar refractivity (Wildman–Crippen MR) is 54.3 cm³/mol. The molecule has 14 heavy (non-hydrogen) atoms. The van der Waals surface area contributed by atoms with Crippen molar-refractivity contribution in [3.05, 3.63) is 29.5 Å². The fraction of sp³-hybridized carbons (Fsp3) is 0. The molecule has 0 saturated heterocycles. The summed E-state index contributed by atoms with van der Waals surface area (Å²) in [5.74, 6) is 0. The fourth-order valence-electron chi connectivity index (χ4n) is 1.17. The summed E-state index contributed by atoms with van der Waals surface area (Å²) in [6, 6.07) is 4.66. The van der Waals surface area contributed by atoms with Crippen molar-refractivity contribution in [3.8, 4) is 0 Å². The molecule has 0 atom stereocenters. The fourth-order valence-corrected chi connectivity index (χ4v) is 2.28. The minimum Gasteiger partial charge on any atom is -0.463 e. The maximum atomic E-state index is 11.1. The van der Waals surface area contributed by atoms with E-state index in [1.165, 1.54) is 6.07 Å². The Hall–Kier alpha value is -0.710. The average Bonchev–Trinajstić information content (AvgIpc) is 2.45. The van der Waals surface area contributed by atoms with E-state index >= 15 is 0 Å². The van der Waals surface area contributed by atoms with E-state index in [0.29, 0.717) is 16.0 Å². The molecule has 2 rings (SSSR count). The van der Waals surface area contributed by atoms with Crippen LogP contribution in [0.25, 0.3) is 11.0 Å². The zero-order valence-electron chi connectivity index (χ0n) is 6.70. The summed E-state index contributed by atoms with van der Waals surface area (Å²) < 4.78 is 27.1. The number of furan rings is 1. The van der Waals surface area contributed by atoms with Crippen LogP contribution in [0.4, 0.5) is 0 Å². The Morgan fingerprint density at radius 3 is 2.64 bits per heavy atom. The second kappa shape index (κ2) is 3.15. The summed E-state index contributed by atoms with van der Waals surface area (Å²) in [6.07, 6.45) is 1.10. The smallest absolute Gasteiger partial charge is 0.265 e. The van der Waals surface area contributed by atoms with Crippen LogP contribution in [0.2, 0.25) is 5.02 Å². The molecule has 0 aliphatic heterocycles. The van der Waals surface area contributed by atoms with Crippen molar-refractivity contribution < 1.29 is 12.8 Å². The van der Waals surface area contributed by atoms with Crippen LogP contribution in [0, 0.1) is 0 Å². The molecule has 0 radical (unpaired) electrons. The molecule has 0 unspecified atom stereocenters. The molecule has 74 valence electrons. The Bertz CT molecular complexity index is 586. The monoisotopic (exact) mass is 250 g/mol. The number of rotatable bonds is 1. The van der Waals surface area contributed by atoms with E-state index in [1.54, 1.807) is 12.1 Å². The molecule has 0 aliphatic rings. The third-order valence-corrected chi connectivity index (χ3v) is 3.34. The molecule has 1 aromatic heterocycles. The van der Waals surface area contributed by atoms with E-state index < -0.39 is 9.05 Å². The highest BCUT2D eigenvalue weighted by molar-refractivity contribution is 8.14. The van der Waals surface area contributed by atoms with E-state index in [9.17, 15) is 8.42 Å². The van der Waals surface area contributed by atoms with Crippen LogP contribution in [0.3, 0.4) is 0 Å². The summed E-state index contributed by atoms with van der Waals surface area (Å²) >= 11 is 5.70. The van der Waals surface area contributed by atoms with Crippen LogP contribution in [-0.2, 0) is 9.05 Å². The van der Waals surface area contributed by atoms with Gasteiger partial charge < -0.3 is 4.42 Å². The van der Waals surface area contributed by atoms with Crippen molar-refractivity contribution in [1.29, 1.82) is 0 Å². The molecule has 0 aliphatic carbocycles. The van der Waals surface area contributed by atoms with Crippen molar-refractivity contribution >= 4 is 42.3 Å². The minimum absolute atomic E-state index is 0.0363. The van der Waals surface area contributed by atoms with E-state index in [1.807, 2.05) is 0 Å². The van der Waals surface area contributed by atoms with Crippen LogP contribution in [0.15, 0.2) is 33.8 Å². The van der Waals surface area contributed by atoms with Gasteiger partial charge in [-0.2, -0.15) is 0 Å². The molecule has 0 bridgehead atoms. The highest BCUT2D eigenvalue weighted by atomic mass is 35.7. The first-order valence-corrected chi connectivity index (χ1v) is 6.28. The lowest BCUT2D eigenvalue weighted by molar-refractivity contribution is 0.592. The van der Waals surface area contributed by atoms with E-state index in [2.05, 4.69) is 0 Å². The molecule has 0 spiro atoms. The Labute approximate surface area is 89.6 Å². The van der Waals surface area contributed by atoms with Gasteiger partial charge in [-0.05, 0) is 12.1 Å². The lowest BCUT2D eigenvalue weighted by atomic mass is 10.3. The largest absolute Gasteiger partial charge is 0.463 e. The van der Waals surface area contributed by atoms with Gasteiger partial charge in [0.05, 0.1) is 0 Å². The maximum Gasteiger partial charge on any atom is 0.265 e. The molecule has 2 aromatic rings. The molecular formula is C8H4Cl2O3S. The molecule has 0 amide bonds. The van der Waals surface area contributed by atoms with Gasteiger partial charge in [-0.3, -0.25) is 0 Å². The molecular weight excluding hydrogens is 247 g/mol. The van der Waals surface area contributed by atoms with Gasteiger partial charge in [0.15, 0.2) is 0 Å². The molecule has 1 heterocycles. The molecule has 0 fully saturated rings. The van der Waals surface area contributed by atoms with E-state index in [-0.39, 0.29) is 4.90 Å². The van der Waals surface area contributed by atoms with Gasteiger partial charge in [0, 0.05) is 27.2 Å². The Balaban J connectivity index is 2.83. The topological polar surface area (TPSA) is 47.3 Å². The molecule has 0 N–H and O–H groups in total. The van der Waals surface area contributed by atoms with Gasteiger partial charge >= 0.3 is 0 Å². The van der Waals surface area contributed by atoms with E-state index in [4.69, 9.17) is 26.7 Å². The van der Waals surface area contributed by atoms with Gasteiger partial charge in [-0.25, -0.2) is 8.42 Å². The summed E-state index contributed by atoms with van der Waals surface area (Å²) in [5.41, 5.74) is 0.400. The summed E-state index contributed by atoms with van der Waals surface area (Å²) in [5, 5.41) is 0.912. The second-order valence-electron chi connectivity index (χ2n) is 2.68. The highest BCUT2D eigenvalue weighted by Crippen LogP contribution is 2.29. The van der Waals surface area contributed by atoms with Crippen molar-refractivity contribution in [2.45, 2.75) is 4.90 Å². The van der Waals surface area contributed by atoms with Gasteiger partial charge in [0.2, 0.25) is 0 Å². The Kier molecular flexibility index (Phi) is 2.21.